The van der Waals surface area contributed by atoms with E-state index in [0.717, 1.165) is 49.5 Å². The van der Waals surface area contributed by atoms with Crippen LogP contribution in [0.25, 0.3) is 0 Å². The van der Waals surface area contributed by atoms with Crippen molar-refractivity contribution in [2.45, 2.75) is 109 Å². The van der Waals surface area contributed by atoms with E-state index in [9.17, 15) is 0 Å². The van der Waals surface area contributed by atoms with Gasteiger partial charge in [-0.25, -0.2) is 0 Å². The topological polar surface area (TPSA) is 27.7 Å². The molecule has 1 aliphatic heterocycles. The molecule has 0 radical (unpaired) electrons. The Labute approximate surface area is 223 Å². The Morgan fingerprint density at radius 1 is 1.06 bits per heavy atom. The second-order valence-corrected chi connectivity index (χ2v) is 20.9. The maximum absolute atomic E-state index is 6.91. The summed E-state index contributed by atoms with van der Waals surface area (Å²) in [7, 11) is -3.66. The number of hydrogen-bond acceptors (Lipinski definition) is 3. The molecule has 3 nitrogen and oxygen atoms in total. The summed E-state index contributed by atoms with van der Waals surface area (Å²) in [6.45, 7) is 24.6. The molecule has 1 heterocycles. The van der Waals surface area contributed by atoms with Crippen molar-refractivity contribution in [3.05, 3.63) is 60.2 Å². The summed E-state index contributed by atoms with van der Waals surface area (Å²) in [6.07, 6.45) is 13.4. The number of aryl methyl sites for hydroxylation is 1. The van der Waals surface area contributed by atoms with Gasteiger partial charge in [0.05, 0.1) is 6.61 Å². The SMILES string of the molecule is C=CC[Si](C)(C)OCC1=C[C@H]2c3c(cc(CCCCC)cc3O[Si](C)(C)CC=C)OC(C)(C)[C@@H]2CC1. The first-order valence-corrected chi connectivity index (χ1v) is 20.2. The van der Waals surface area contributed by atoms with E-state index in [1.807, 2.05) is 12.2 Å². The molecule has 3 rings (SSSR count). The maximum Gasteiger partial charge on any atom is 0.248 e. The Morgan fingerprint density at radius 2 is 1.75 bits per heavy atom. The normalized spacial score (nSPS) is 21.0. The standard InChI is InChI=1S/C31H50O3Si2/c1-10-13-14-15-24-21-28-30(29(22-24)34-36(8,9)19-12-3)26-20-25(23-32-35(6,7)18-11-2)16-17-27(26)31(4,5)33-28/h11-12,20-22,26-27H,2-3,10,13-19,23H2,1,4-9H3/t26-,27-/m1/s1. The van der Waals surface area contributed by atoms with Crippen LogP contribution in [0.15, 0.2) is 49.1 Å². The van der Waals surface area contributed by atoms with Gasteiger partial charge in [-0.3, -0.25) is 0 Å². The molecule has 2 aliphatic rings. The van der Waals surface area contributed by atoms with E-state index in [0.29, 0.717) is 5.92 Å². The summed E-state index contributed by atoms with van der Waals surface area (Å²) in [6, 6.07) is 6.54. The van der Waals surface area contributed by atoms with Crippen LogP contribution in [0.4, 0.5) is 0 Å². The highest BCUT2D eigenvalue weighted by molar-refractivity contribution is 6.72. The molecule has 1 aliphatic carbocycles. The van der Waals surface area contributed by atoms with Crippen LogP contribution < -0.4 is 9.16 Å². The lowest BCUT2D eigenvalue weighted by Gasteiger charge is -2.47. The molecular weight excluding hydrogens is 477 g/mol. The first-order chi connectivity index (χ1) is 16.9. The Balaban J connectivity index is 2.03. The van der Waals surface area contributed by atoms with E-state index in [4.69, 9.17) is 13.6 Å². The van der Waals surface area contributed by atoms with Crippen LogP contribution in [-0.4, -0.2) is 28.8 Å². The minimum absolute atomic E-state index is 0.217. The average molecular weight is 527 g/mol. The molecule has 200 valence electrons. The number of allylic oxidation sites excluding steroid dienone is 3. The van der Waals surface area contributed by atoms with Gasteiger partial charge in [-0.05, 0) is 101 Å². The summed E-state index contributed by atoms with van der Waals surface area (Å²) in [5.74, 6) is 2.77. The fraction of sp³-hybridized carbons (Fsp3) is 0.613. The third kappa shape index (κ3) is 7.26. The summed E-state index contributed by atoms with van der Waals surface area (Å²) in [5, 5.41) is 0. The highest BCUT2D eigenvalue weighted by Gasteiger charge is 2.46. The summed E-state index contributed by atoms with van der Waals surface area (Å²) in [5.41, 5.74) is 3.79. The van der Waals surface area contributed by atoms with Gasteiger partial charge in [0.25, 0.3) is 0 Å². The maximum atomic E-state index is 6.91. The molecule has 0 fully saturated rings. The van der Waals surface area contributed by atoms with E-state index in [1.165, 1.54) is 36.0 Å². The molecule has 2 atom stereocenters. The zero-order valence-electron chi connectivity index (χ0n) is 24.0. The van der Waals surface area contributed by atoms with Crippen LogP contribution in [0.3, 0.4) is 0 Å². The monoisotopic (exact) mass is 526 g/mol. The minimum atomic E-state index is -1.95. The number of hydrogen-bond donors (Lipinski definition) is 0. The van der Waals surface area contributed by atoms with Gasteiger partial charge in [0.15, 0.2) is 8.32 Å². The fourth-order valence-corrected chi connectivity index (χ4v) is 8.71. The van der Waals surface area contributed by atoms with E-state index < -0.39 is 16.6 Å². The molecule has 0 saturated heterocycles. The number of benzene rings is 1. The Kier molecular flexibility index (Phi) is 9.56. The molecule has 5 heteroatoms. The van der Waals surface area contributed by atoms with Gasteiger partial charge in [0.1, 0.15) is 17.1 Å². The van der Waals surface area contributed by atoms with Crippen molar-refractivity contribution in [2.75, 3.05) is 6.61 Å². The Hall–Kier alpha value is -1.57. The molecule has 1 aromatic rings. The van der Waals surface area contributed by atoms with Gasteiger partial charge in [-0.2, -0.15) is 0 Å². The van der Waals surface area contributed by atoms with Gasteiger partial charge in [0.2, 0.25) is 8.32 Å². The van der Waals surface area contributed by atoms with Crippen molar-refractivity contribution in [3.63, 3.8) is 0 Å². The lowest BCUT2D eigenvalue weighted by Crippen LogP contribution is -2.46. The number of rotatable bonds is 13. The second kappa shape index (κ2) is 11.9. The predicted molar refractivity (Wildman–Crippen MR) is 159 cm³/mol. The van der Waals surface area contributed by atoms with E-state index in [2.05, 4.69) is 78.3 Å². The van der Waals surface area contributed by atoms with Gasteiger partial charge in [-0.15, -0.1) is 13.2 Å². The van der Waals surface area contributed by atoms with Crippen molar-refractivity contribution in [1.29, 1.82) is 0 Å². The lowest BCUT2D eigenvalue weighted by atomic mass is 9.68. The Bertz CT molecular complexity index is 961. The van der Waals surface area contributed by atoms with Crippen LogP contribution in [0.5, 0.6) is 11.5 Å². The first-order valence-electron chi connectivity index (χ1n) is 14.0. The zero-order valence-corrected chi connectivity index (χ0v) is 26.0. The lowest BCUT2D eigenvalue weighted by molar-refractivity contribution is 0.0104. The van der Waals surface area contributed by atoms with Gasteiger partial charge in [-0.1, -0.05) is 38.0 Å². The molecule has 0 saturated carbocycles. The predicted octanol–water partition coefficient (Wildman–Crippen LogP) is 9.19. The summed E-state index contributed by atoms with van der Waals surface area (Å²) >= 11 is 0. The largest absolute Gasteiger partial charge is 0.543 e. The fourth-order valence-electron chi connectivity index (χ4n) is 5.78. The summed E-state index contributed by atoms with van der Waals surface area (Å²) < 4.78 is 20.2. The molecule has 0 spiro atoms. The molecule has 1 aromatic carbocycles. The van der Waals surface area contributed by atoms with Crippen LogP contribution >= 0.6 is 0 Å². The van der Waals surface area contributed by atoms with Crippen LogP contribution in [0.1, 0.15) is 69.9 Å². The van der Waals surface area contributed by atoms with Crippen molar-refractivity contribution >= 4 is 16.6 Å². The van der Waals surface area contributed by atoms with Crippen LogP contribution in [0, 0.1) is 5.92 Å². The van der Waals surface area contributed by atoms with Crippen molar-refractivity contribution in [2.24, 2.45) is 5.92 Å². The van der Waals surface area contributed by atoms with Gasteiger partial charge in [0, 0.05) is 17.4 Å². The highest BCUT2D eigenvalue weighted by atomic mass is 28.4. The van der Waals surface area contributed by atoms with E-state index in [-0.39, 0.29) is 11.5 Å². The molecule has 0 amide bonds. The van der Waals surface area contributed by atoms with Gasteiger partial charge < -0.3 is 13.6 Å². The van der Waals surface area contributed by atoms with Gasteiger partial charge >= 0.3 is 0 Å². The number of fused-ring (bicyclic) bond motifs is 3. The third-order valence-electron chi connectivity index (χ3n) is 7.76. The van der Waals surface area contributed by atoms with E-state index in [1.54, 1.807) is 0 Å². The number of ether oxygens (including phenoxy) is 1. The van der Waals surface area contributed by atoms with Crippen molar-refractivity contribution < 1.29 is 13.6 Å². The molecular formula is C31H50O3Si2. The minimum Gasteiger partial charge on any atom is -0.543 e. The first kappa shape index (κ1) is 29.0. The average Bonchev–Trinajstić information content (AvgIpc) is 2.77. The van der Waals surface area contributed by atoms with Crippen LogP contribution in [-0.2, 0) is 10.8 Å². The smallest absolute Gasteiger partial charge is 0.248 e. The molecule has 0 bridgehead atoms. The van der Waals surface area contributed by atoms with Crippen LogP contribution in [0.2, 0.25) is 38.3 Å². The zero-order chi connectivity index (χ0) is 26.6. The summed E-state index contributed by atoms with van der Waals surface area (Å²) in [4.78, 5) is 0. The van der Waals surface area contributed by atoms with Crippen molar-refractivity contribution in [3.8, 4) is 11.5 Å². The molecule has 0 aromatic heterocycles. The molecule has 0 unspecified atom stereocenters. The van der Waals surface area contributed by atoms with E-state index >= 15 is 0 Å². The molecule has 36 heavy (non-hydrogen) atoms. The van der Waals surface area contributed by atoms with Crippen molar-refractivity contribution in [1.82, 2.24) is 0 Å². The third-order valence-corrected chi connectivity index (χ3v) is 12.0. The number of unbranched alkanes of at least 4 members (excludes halogenated alkanes) is 2. The second-order valence-electron chi connectivity index (χ2n) is 12.6. The highest BCUT2D eigenvalue weighted by Crippen LogP contribution is 2.54. The molecule has 0 N–H and O–H groups in total. The Morgan fingerprint density at radius 3 is 2.42 bits per heavy atom. The quantitative estimate of drug-likeness (QED) is 0.146.